The summed E-state index contributed by atoms with van der Waals surface area (Å²) in [5.41, 5.74) is 1.34. The van der Waals surface area contributed by atoms with Crippen LogP contribution in [0.1, 0.15) is 0 Å². The van der Waals surface area contributed by atoms with E-state index in [0.29, 0.717) is 23.1 Å². The molecule has 116 valence electrons. The van der Waals surface area contributed by atoms with Gasteiger partial charge in [0.05, 0.1) is 17.1 Å². The van der Waals surface area contributed by atoms with Crippen LogP contribution in [0.5, 0.6) is 5.75 Å². The van der Waals surface area contributed by atoms with Crippen LogP contribution in [0, 0.1) is 0 Å². The smallest absolute Gasteiger partial charge is 0.262 e. The minimum atomic E-state index is -3.67. The Morgan fingerprint density at radius 3 is 2.64 bits per heavy atom. The summed E-state index contributed by atoms with van der Waals surface area (Å²) in [4.78, 5) is 2.19. The summed E-state index contributed by atoms with van der Waals surface area (Å²) in [5.74, 6) is 0.577. The quantitative estimate of drug-likeness (QED) is 0.934. The van der Waals surface area contributed by atoms with E-state index < -0.39 is 10.0 Å². The molecule has 7 heteroatoms. The van der Waals surface area contributed by atoms with E-state index in [1.54, 1.807) is 42.5 Å². The topological polar surface area (TPSA) is 58.6 Å². The molecular weight excluding hydrogens is 324 g/mol. The van der Waals surface area contributed by atoms with Gasteiger partial charge < -0.3 is 9.64 Å². The summed E-state index contributed by atoms with van der Waals surface area (Å²) in [5, 5.41) is 0.549. The second kappa shape index (κ2) is 5.70. The van der Waals surface area contributed by atoms with Crippen molar-refractivity contribution in [2.24, 2.45) is 0 Å². The van der Waals surface area contributed by atoms with E-state index >= 15 is 0 Å². The highest BCUT2D eigenvalue weighted by Crippen LogP contribution is 2.33. The van der Waals surface area contributed by atoms with Crippen molar-refractivity contribution in [1.29, 1.82) is 0 Å². The summed E-state index contributed by atoms with van der Waals surface area (Å²) in [7, 11) is -1.72. The number of likely N-dealkylation sites (N-methyl/N-ethyl adjacent to an activating group) is 1. The fourth-order valence-corrected chi connectivity index (χ4v) is 3.44. The molecule has 0 saturated carbocycles. The van der Waals surface area contributed by atoms with Crippen molar-refractivity contribution < 1.29 is 13.2 Å². The summed E-state index contributed by atoms with van der Waals surface area (Å²) in [6.45, 7) is 1.32. The molecular formula is C15H15ClN2O3S. The highest BCUT2D eigenvalue weighted by molar-refractivity contribution is 7.92. The maximum Gasteiger partial charge on any atom is 0.262 e. The Hall–Kier alpha value is -1.92. The highest BCUT2D eigenvalue weighted by atomic mass is 35.5. The SMILES string of the molecule is CN1CCOc2cc(S(=O)(=O)Nc3ccc(Cl)cc3)ccc21. The van der Waals surface area contributed by atoms with Gasteiger partial charge in [0.15, 0.2) is 0 Å². The molecule has 0 amide bonds. The Morgan fingerprint density at radius 1 is 1.18 bits per heavy atom. The third-order valence-corrected chi connectivity index (χ3v) is 5.06. The molecule has 5 nitrogen and oxygen atoms in total. The molecule has 2 aromatic carbocycles. The molecule has 0 aliphatic carbocycles. The first-order chi connectivity index (χ1) is 10.5. The van der Waals surface area contributed by atoms with Crippen LogP contribution in [0.15, 0.2) is 47.4 Å². The number of nitrogens with zero attached hydrogens (tertiary/aromatic N) is 1. The predicted octanol–water partition coefficient (Wildman–Crippen LogP) is 2.97. The number of benzene rings is 2. The lowest BCUT2D eigenvalue weighted by Crippen LogP contribution is -2.29. The number of sulfonamides is 1. The van der Waals surface area contributed by atoms with Crippen LogP contribution < -0.4 is 14.4 Å². The molecule has 0 saturated heterocycles. The lowest BCUT2D eigenvalue weighted by atomic mass is 10.2. The average molecular weight is 339 g/mol. The summed E-state index contributed by atoms with van der Waals surface area (Å²) in [6.07, 6.45) is 0. The Balaban J connectivity index is 1.90. The van der Waals surface area contributed by atoms with Crippen LogP contribution in [0.4, 0.5) is 11.4 Å². The average Bonchev–Trinajstić information content (AvgIpc) is 2.49. The van der Waals surface area contributed by atoms with E-state index in [1.807, 2.05) is 11.9 Å². The Bertz CT molecular complexity index is 791. The number of halogens is 1. The zero-order valence-electron chi connectivity index (χ0n) is 11.9. The Labute approximate surface area is 134 Å². The molecule has 0 spiro atoms. The molecule has 0 unspecified atom stereocenters. The first kappa shape index (κ1) is 15.0. The monoisotopic (exact) mass is 338 g/mol. The van der Waals surface area contributed by atoms with Crippen LogP contribution in [0.25, 0.3) is 0 Å². The fourth-order valence-electron chi connectivity index (χ4n) is 2.24. The van der Waals surface area contributed by atoms with Crippen molar-refractivity contribution >= 4 is 33.0 Å². The van der Waals surface area contributed by atoms with Gasteiger partial charge in [0.25, 0.3) is 10.0 Å². The molecule has 3 rings (SSSR count). The number of ether oxygens (including phenoxy) is 1. The molecule has 1 N–H and O–H groups in total. The third kappa shape index (κ3) is 2.98. The largest absolute Gasteiger partial charge is 0.490 e. The number of nitrogens with one attached hydrogen (secondary N) is 1. The first-order valence-corrected chi connectivity index (χ1v) is 8.58. The molecule has 0 radical (unpaired) electrons. The molecule has 1 aliphatic rings. The van der Waals surface area contributed by atoms with Gasteiger partial charge in [0.2, 0.25) is 0 Å². The lowest BCUT2D eigenvalue weighted by Gasteiger charge is -2.27. The van der Waals surface area contributed by atoms with Gasteiger partial charge in [-0.15, -0.1) is 0 Å². The van der Waals surface area contributed by atoms with E-state index in [2.05, 4.69) is 4.72 Å². The van der Waals surface area contributed by atoms with Gasteiger partial charge in [-0.05, 0) is 36.4 Å². The lowest BCUT2D eigenvalue weighted by molar-refractivity contribution is 0.310. The van der Waals surface area contributed by atoms with Crippen LogP contribution >= 0.6 is 11.6 Å². The minimum Gasteiger partial charge on any atom is -0.490 e. The maximum atomic E-state index is 12.4. The standard InChI is InChI=1S/C15H15ClN2O3S/c1-18-8-9-21-15-10-13(6-7-14(15)18)22(19,20)17-12-4-2-11(16)3-5-12/h2-7,10,17H,8-9H2,1H3. The Kier molecular flexibility index (Phi) is 3.88. The van der Waals surface area contributed by atoms with Crippen LogP contribution in [0.2, 0.25) is 5.02 Å². The maximum absolute atomic E-state index is 12.4. The van der Waals surface area contributed by atoms with Crippen LogP contribution in [-0.4, -0.2) is 28.6 Å². The molecule has 2 aromatic rings. The second-order valence-corrected chi connectivity index (χ2v) is 7.13. The van der Waals surface area contributed by atoms with Crippen molar-refractivity contribution in [1.82, 2.24) is 0 Å². The zero-order chi connectivity index (χ0) is 15.7. The number of fused-ring (bicyclic) bond motifs is 1. The molecule has 0 fully saturated rings. The van der Waals surface area contributed by atoms with Gasteiger partial charge >= 0.3 is 0 Å². The van der Waals surface area contributed by atoms with Crippen LogP contribution in [-0.2, 0) is 10.0 Å². The molecule has 0 atom stereocenters. The fraction of sp³-hybridized carbons (Fsp3) is 0.200. The van der Waals surface area contributed by atoms with Gasteiger partial charge in [0.1, 0.15) is 12.4 Å². The molecule has 0 bridgehead atoms. The van der Waals surface area contributed by atoms with E-state index in [-0.39, 0.29) is 4.90 Å². The van der Waals surface area contributed by atoms with Crippen molar-refractivity contribution in [2.45, 2.75) is 4.90 Å². The van der Waals surface area contributed by atoms with Gasteiger partial charge in [-0.25, -0.2) is 8.42 Å². The second-order valence-electron chi connectivity index (χ2n) is 5.01. The minimum absolute atomic E-state index is 0.163. The van der Waals surface area contributed by atoms with E-state index in [4.69, 9.17) is 16.3 Å². The summed E-state index contributed by atoms with van der Waals surface area (Å²) < 4.78 is 32.9. The van der Waals surface area contributed by atoms with E-state index in [1.165, 1.54) is 0 Å². The number of anilines is 2. The molecule has 1 aliphatic heterocycles. The molecule has 1 heterocycles. The molecule has 22 heavy (non-hydrogen) atoms. The van der Waals surface area contributed by atoms with Gasteiger partial charge in [-0.3, -0.25) is 4.72 Å². The summed E-state index contributed by atoms with van der Waals surface area (Å²) in [6, 6.07) is 11.4. The predicted molar refractivity (Wildman–Crippen MR) is 87.5 cm³/mol. The normalized spacial score (nSPS) is 14.2. The van der Waals surface area contributed by atoms with Gasteiger partial charge in [0, 0.05) is 23.8 Å². The first-order valence-electron chi connectivity index (χ1n) is 6.72. The van der Waals surface area contributed by atoms with Gasteiger partial charge in [-0.2, -0.15) is 0 Å². The van der Waals surface area contributed by atoms with E-state index in [0.717, 1.165) is 12.2 Å². The van der Waals surface area contributed by atoms with Crippen LogP contribution in [0.3, 0.4) is 0 Å². The number of hydrogen-bond acceptors (Lipinski definition) is 4. The zero-order valence-corrected chi connectivity index (χ0v) is 13.5. The number of rotatable bonds is 3. The summed E-state index contributed by atoms with van der Waals surface area (Å²) >= 11 is 5.79. The Morgan fingerprint density at radius 2 is 1.91 bits per heavy atom. The highest BCUT2D eigenvalue weighted by Gasteiger charge is 2.20. The van der Waals surface area contributed by atoms with Crippen molar-refractivity contribution in [3.63, 3.8) is 0 Å². The number of hydrogen-bond donors (Lipinski definition) is 1. The molecule has 0 aromatic heterocycles. The third-order valence-electron chi connectivity index (χ3n) is 3.43. The van der Waals surface area contributed by atoms with Crippen molar-refractivity contribution in [3.8, 4) is 5.75 Å². The van der Waals surface area contributed by atoms with Crippen molar-refractivity contribution in [3.05, 3.63) is 47.5 Å². The van der Waals surface area contributed by atoms with Crippen molar-refractivity contribution in [2.75, 3.05) is 29.8 Å². The van der Waals surface area contributed by atoms with E-state index in [9.17, 15) is 8.42 Å². The van der Waals surface area contributed by atoms with Gasteiger partial charge in [-0.1, -0.05) is 11.6 Å².